The Morgan fingerprint density at radius 2 is 2.09 bits per heavy atom. The molecule has 1 fully saturated rings. The lowest BCUT2D eigenvalue weighted by molar-refractivity contribution is -0.119. The van der Waals surface area contributed by atoms with Crippen molar-refractivity contribution in [1.82, 2.24) is 14.8 Å². The summed E-state index contributed by atoms with van der Waals surface area (Å²) in [4.78, 5) is 18.2. The molecule has 1 aromatic heterocycles. The Hall–Kier alpha value is -2.37. The Morgan fingerprint density at radius 3 is 2.83 bits per heavy atom. The van der Waals surface area contributed by atoms with Gasteiger partial charge in [0.2, 0.25) is 11.9 Å². The van der Waals surface area contributed by atoms with Crippen LogP contribution in [-0.2, 0) is 24.7 Å². The summed E-state index contributed by atoms with van der Waals surface area (Å²) in [5.74, 6) is 1.30. The van der Waals surface area contributed by atoms with E-state index in [4.69, 9.17) is 5.73 Å². The van der Waals surface area contributed by atoms with Crippen molar-refractivity contribution in [2.45, 2.75) is 38.1 Å². The smallest absolute Gasteiger partial charge is 0.240 e. The molecule has 0 radical (unpaired) electrons. The van der Waals surface area contributed by atoms with Crippen LogP contribution in [0.25, 0.3) is 0 Å². The highest BCUT2D eigenvalue weighted by Gasteiger charge is 2.32. The Morgan fingerprint density at radius 1 is 1.30 bits per heavy atom. The van der Waals surface area contributed by atoms with Gasteiger partial charge < -0.3 is 10.6 Å². The largest absolute Gasteiger partial charge is 0.368 e. The number of aromatic nitrogens is 3. The number of amides is 1. The summed E-state index contributed by atoms with van der Waals surface area (Å²) >= 11 is 0. The summed E-state index contributed by atoms with van der Waals surface area (Å²) in [7, 11) is 1.87. The molecule has 23 heavy (non-hydrogen) atoms. The average molecular weight is 313 g/mol. The van der Waals surface area contributed by atoms with Crippen LogP contribution in [0.1, 0.15) is 30.7 Å². The normalized spacial score (nSPS) is 17.6. The Balaban J connectivity index is 1.63. The zero-order valence-corrected chi connectivity index (χ0v) is 13.5. The van der Waals surface area contributed by atoms with E-state index in [1.165, 1.54) is 5.56 Å². The number of rotatable bonds is 6. The number of nitrogens with zero attached hydrogens (tertiary/aromatic N) is 4. The molecule has 0 spiro atoms. The molecular weight excluding hydrogens is 290 g/mol. The van der Waals surface area contributed by atoms with Gasteiger partial charge in [0.15, 0.2) is 5.82 Å². The maximum atomic E-state index is 11.6. The summed E-state index contributed by atoms with van der Waals surface area (Å²) in [6.07, 6.45) is 4.61. The second-order valence-corrected chi connectivity index (χ2v) is 6.04. The van der Waals surface area contributed by atoms with Gasteiger partial charge in [0.25, 0.3) is 0 Å². The number of aryl methyl sites for hydroxylation is 3. The van der Waals surface area contributed by atoms with E-state index in [-0.39, 0.29) is 11.9 Å². The highest BCUT2D eigenvalue weighted by molar-refractivity contribution is 5.83. The molecular formula is C17H23N5O. The third kappa shape index (κ3) is 3.52. The fraction of sp³-hybridized carbons (Fsp3) is 0.471. The monoisotopic (exact) mass is 313 g/mol. The predicted molar refractivity (Wildman–Crippen MR) is 89.0 cm³/mol. The van der Waals surface area contributed by atoms with Crippen LogP contribution in [0.3, 0.4) is 0 Å². The molecule has 0 aliphatic carbocycles. The van der Waals surface area contributed by atoms with Crippen LogP contribution >= 0.6 is 0 Å². The number of hydrogen-bond acceptors (Lipinski definition) is 4. The molecule has 122 valence electrons. The van der Waals surface area contributed by atoms with Gasteiger partial charge in [-0.05, 0) is 31.2 Å². The third-order valence-corrected chi connectivity index (χ3v) is 4.33. The van der Waals surface area contributed by atoms with E-state index < -0.39 is 0 Å². The number of nitrogens with two attached hydrogens (primary N) is 1. The second kappa shape index (κ2) is 6.81. The molecule has 0 saturated carbocycles. The molecule has 1 amide bonds. The predicted octanol–water partition coefficient (Wildman–Crippen LogP) is 1.44. The summed E-state index contributed by atoms with van der Waals surface area (Å²) in [6, 6.07) is 10.2. The average Bonchev–Trinajstić information content (AvgIpc) is 3.15. The molecule has 2 aromatic rings. The first-order chi connectivity index (χ1) is 11.1. The van der Waals surface area contributed by atoms with E-state index in [0.29, 0.717) is 0 Å². The van der Waals surface area contributed by atoms with E-state index in [0.717, 1.165) is 50.4 Å². The minimum atomic E-state index is -0.281. The van der Waals surface area contributed by atoms with E-state index in [2.05, 4.69) is 34.3 Å². The molecule has 2 N–H and O–H groups in total. The molecule has 1 atom stereocenters. The zero-order chi connectivity index (χ0) is 16.2. The van der Waals surface area contributed by atoms with E-state index in [1.807, 2.05) is 18.0 Å². The van der Waals surface area contributed by atoms with E-state index in [1.54, 1.807) is 4.68 Å². The molecule has 0 bridgehead atoms. The van der Waals surface area contributed by atoms with Crippen LogP contribution in [0, 0.1) is 0 Å². The molecule has 1 aliphatic heterocycles. The van der Waals surface area contributed by atoms with Crippen molar-refractivity contribution in [3.63, 3.8) is 0 Å². The molecule has 6 nitrogen and oxygen atoms in total. The third-order valence-electron chi connectivity index (χ3n) is 4.33. The Labute approximate surface area is 136 Å². The zero-order valence-electron chi connectivity index (χ0n) is 13.5. The number of primary amides is 1. The second-order valence-electron chi connectivity index (χ2n) is 6.04. The van der Waals surface area contributed by atoms with Crippen molar-refractivity contribution in [2.24, 2.45) is 12.8 Å². The van der Waals surface area contributed by atoms with Crippen molar-refractivity contribution in [3.05, 3.63) is 41.7 Å². The van der Waals surface area contributed by atoms with Crippen LogP contribution in [-0.4, -0.2) is 33.3 Å². The summed E-state index contributed by atoms with van der Waals surface area (Å²) in [5, 5.41) is 4.49. The van der Waals surface area contributed by atoms with Crippen molar-refractivity contribution < 1.29 is 4.79 Å². The molecule has 1 saturated heterocycles. The summed E-state index contributed by atoms with van der Waals surface area (Å²) in [5.41, 5.74) is 6.82. The van der Waals surface area contributed by atoms with Gasteiger partial charge in [-0.3, -0.25) is 4.79 Å². The van der Waals surface area contributed by atoms with Crippen LogP contribution < -0.4 is 10.6 Å². The number of hydrogen-bond donors (Lipinski definition) is 1. The lowest BCUT2D eigenvalue weighted by Gasteiger charge is -2.22. The highest BCUT2D eigenvalue weighted by atomic mass is 16.1. The first-order valence-corrected chi connectivity index (χ1v) is 8.15. The fourth-order valence-electron chi connectivity index (χ4n) is 3.18. The van der Waals surface area contributed by atoms with Crippen LogP contribution in [0.15, 0.2) is 30.3 Å². The first kappa shape index (κ1) is 15.5. The van der Waals surface area contributed by atoms with Gasteiger partial charge in [-0.25, -0.2) is 4.68 Å². The number of anilines is 1. The topological polar surface area (TPSA) is 77.0 Å². The van der Waals surface area contributed by atoms with Crippen LogP contribution in [0.2, 0.25) is 0 Å². The standard InChI is InChI=1S/C17H23N5O/c1-21-17(22-12-6-10-14(22)16(18)23)19-15(20-21)11-5-9-13-7-3-2-4-8-13/h2-4,7-8,14H,5-6,9-12H2,1H3,(H2,18,23). The SMILES string of the molecule is Cn1nc(CCCc2ccccc2)nc1N1CCCC1C(N)=O. The van der Waals surface area contributed by atoms with Gasteiger partial charge >= 0.3 is 0 Å². The molecule has 1 aliphatic rings. The van der Waals surface area contributed by atoms with E-state index >= 15 is 0 Å². The van der Waals surface area contributed by atoms with Gasteiger partial charge in [0.1, 0.15) is 6.04 Å². The fourth-order valence-corrected chi connectivity index (χ4v) is 3.18. The van der Waals surface area contributed by atoms with Crippen LogP contribution in [0.5, 0.6) is 0 Å². The van der Waals surface area contributed by atoms with Crippen molar-refractivity contribution in [2.75, 3.05) is 11.4 Å². The quantitative estimate of drug-likeness (QED) is 0.875. The highest BCUT2D eigenvalue weighted by Crippen LogP contribution is 2.23. The minimum absolute atomic E-state index is 0.255. The van der Waals surface area contributed by atoms with Gasteiger partial charge in [-0.15, -0.1) is 0 Å². The molecule has 1 aromatic carbocycles. The van der Waals surface area contributed by atoms with Crippen molar-refractivity contribution in [3.8, 4) is 0 Å². The van der Waals surface area contributed by atoms with Gasteiger partial charge in [0.05, 0.1) is 0 Å². The first-order valence-electron chi connectivity index (χ1n) is 8.15. The number of benzene rings is 1. The minimum Gasteiger partial charge on any atom is -0.368 e. The maximum absolute atomic E-state index is 11.6. The van der Waals surface area contributed by atoms with Gasteiger partial charge in [-0.2, -0.15) is 10.1 Å². The van der Waals surface area contributed by atoms with Crippen molar-refractivity contribution in [1.29, 1.82) is 0 Å². The van der Waals surface area contributed by atoms with E-state index in [9.17, 15) is 4.79 Å². The van der Waals surface area contributed by atoms with Crippen molar-refractivity contribution >= 4 is 11.9 Å². The molecule has 3 rings (SSSR count). The van der Waals surface area contributed by atoms with Gasteiger partial charge in [-0.1, -0.05) is 30.3 Å². The maximum Gasteiger partial charge on any atom is 0.240 e. The summed E-state index contributed by atoms with van der Waals surface area (Å²) in [6.45, 7) is 0.809. The van der Waals surface area contributed by atoms with Gasteiger partial charge in [0, 0.05) is 20.0 Å². The lowest BCUT2D eigenvalue weighted by atomic mass is 10.1. The molecule has 2 heterocycles. The van der Waals surface area contributed by atoms with Crippen LogP contribution in [0.4, 0.5) is 5.95 Å². The Bertz CT molecular complexity index is 667. The Kier molecular flexibility index (Phi) is 4.60. The lowest BCUT2D eigenvalue weighted by Crippen LogP contribution is -2.41. The summed E-state index contributed by atoms with van der Waals surface area (Å²) < 4.78 is 1.76. The number of carbonyl (C=O) groups is 1. The number of carbonyl (C=O) groups excluding carboxylic acids is 1. The molecule has 6 heteroatoms. The molecule has 1 unspecified atom stereocenters.